The monoisotopic (exact) mass is 505 g/mol. The first-order chi connectivity index (χ1) is 17.9. The van der Waals surface area contributed by atoms with Crippen molar-refractivity contribution in [3.05, 3.63) is 81.0 Å². The van der Waals surface area contributed by atoms with Crippen LogP contribution in [0.1, 0.15) is 34.7 Å². The maximum atomic E-state index is 12.9. The van der Waals surface area contributed by atoms with Crippen molar-refractivity contribution in [1.82, 2.24) is 5.32 Å². The van der Waals surface area contributed by atoms with Crippen LogP contribution in [0.25, 0.3) is 11.1 Å². The van der Waals surface area contributed by atoms with E-state index < -0.39 is 12.1 Å². The number of carbonyl (C=O) groups excluding carboxylic acids is 1. The maximum absolute atomic E-state index is 12.9. The number of aryl methyl sites for hydroxylation is 2. The van der Waals surface area contributed by atoms with Gasteiger partial charge >= 0.3 is 6.09 Å². The van der Waals surface area contributed by atoms with Crippen molar-refractivity contribution in [1.29, 1.82) is 0 Å². The minimum absolute atomic E-state index is 0.136. The zero-order chi connectivity index (χ0) is 26.5. The highest BCUT2D eigenvalue weighted by Crippen LogP contribution is 2.50. The summed E-state index contributed by atoms with van der Waals surface area (Å²) in [6.07, 6.45) is 0.526. The molecule has 1 unspecified atom stereocenters. The quantitative estimate of drug-likeness (QED) is 0.485. The van der Waals surface area contributed by atoms with E-state index in [9.17, 15) is 9.59 Å². The van der Waals surface area contributed by atoms with Gasteiger partial charge in [0.25, 0.3) is 0 Å². The van der Waals surface area contributed by atoms with E-state index in [4.69, 9.17) is 23.7 Å². The Morgan fingerprint density at radius 3 is 2.24 bits per heavy atom. The molecule has 4 rings (SSSR count). The number of ether oxygens (including phenoxy) is 5. The van der Waals surface area contributed by atoms with Crippen molar-refractivity contribution in [2.75, 3.05) is 28.4 Å². The Labute approximate surface area is 216 Å². The second-order valence-electron chi connectivity index (χ2n) is 8.76. The standard InChI is InChI=1S/C29H31NO7/c1-17-6-8-18(9-7-17)16-37-29(32)30-22-12-10-19-14-25(34-3)27(35-4)28(36-5)26(19)20-11-13-24(33-2)23(31)15-21(20)22/h6-9,11,13-15,22H,10,12,16H2,1-5H3,(H,30,32). The van der Waals surface area contributed by atoms with Crippen LogP contribution in [0.5, 0.6) is 23.0 Å². The predicted octanol–water partition coefficient (Wildman–Crippen LogP) is 4.97. The number of fused-ring (bicyclic) bond motifs is 3. The lowest BCUT2D eigenvalue weighted by Gasteiger charge is -2.20. The molecule has 0 fully saturated rings. The molecule has 1 atom stereocenters. The summed E-state index contributed by atoms with van der Waals surface area (Å²) in [6.45, 7) is 2.13. The number of hydrogen-bond acceptors (Lipinski definition) is 7. The smallest absolute Gasteiger partial charge is 0.407 e. The van der Waals surface area contributed by atoms with E-state index in [1.54, 1.807) is 33.5 Å². The van der Waals surface area contributed by atoms with Crippen molar-refractivity contribution >= 4 is 6.09 Å². The lowest BCUT2D eigenvalue weighted by Crippen LogP contribution is -2.29. The fourth-order valence-electron chi connectivity index (χ4n) is 4.63. The molecule has 1 amide bonds. The molecule has 1 aliphatic carbocycles. The highest BCUT2D eigenvalue weighted by Gasteiger charge is 2.30. The molecule has 1 N–H and O–H groups in total. The summed E-state index contributed by atoms with van der Waals surface area (Å²) in [6, 6.07) is 14.1. The van der Waals surface area contributed by atoms with E-state index in [-0.39, 0.29) is 17.8 Å². The van der Waals surface area contributed by atoms with E-state index in [0.29, 0.717) is 35.7 Å². The van der Waals surface area contributed by atoms with Gasteiger partial charge in [0, 0.05) is 5.56 Å². The van der Waals surface area contributed by atoms with Gasteiger partial charge in [0.05, 0.1) is 34.5 Å². The lowest BCUT2D eigenvalue weighted by atomic mass is 9.95. The third-order valence-corrected chi connectivity index (χ3v) is 6.50. The molecule has 0 heterocycles. The van der Waals surface area contributed by atoms with Crippen LogP contribution >= 0.6 is 0 Å². The first-order valence-electron chi connectivity index (χ1n) is 11.9. The Bertz CT molecular complexity index is 1350. The topological polar surface area (TPSA) is 92.3 Å². The van der Waals surface area contributed by atoms with Crippen LogP contribution in [0.2, 0.25) is 0 Å². The molecule has 0 bridgehead atoms. The molecule has 3 aromatic rings. The molecule has 1 aliphatic rings. The fourth-order valence-corrected chi connectivity index (χ4v) is 4.63. The zero-order valence-electron chi connectivity index (χ0n) is 21.7. The number of rotatable bonds is 7. The predicted molar refractivity (Wildman–Crippen MR) is 140 cm³/mol. The van der Waals surface area contributed by atoms with E-state index in [2.05, 4.69) is 5.32 Å². The van der Waals surface area contributed by atoms with Gasteiger partial charge in [-0.15, -0.1) is 0 Å². The zero-order valence-corrected chi connectivity index (χ0v) is 21.7. The molecular weight excluding hydrogens is 474 g/mol. The number of hydrogen-bond donors (Lipinski definition) is 1. The Morgan fingerprint density at radius 1 is 0.892 bits per heavy atom. The van der Waals surface area contributed by atoms with Gasteiger partial charge in [-0.2, -0.15) is 0 Å². The highest BCUT2D eigenvalue weighted by atomic mass is 16.5. The average Bonchev–Trinajstić information content (AvgIpc) is 3.15. The molecule has 194 valence electrons. The molecule has 0 saturated carbocycles. The molecule has 3 aromatic carbocycles. The van der Waals surface area contributed by atoms with Crippen LogP contribution < -0.4 is 29.7 Å². The first kappa shape index (κ1) is 25.9. The number of nitrogens with one attached hydrogen (secondary N) is 1. The lowest BCUT2D eigenvalue weighted by molar-refractivity contribution is 0.135. The molecule has 0 spiro atoms. The van der Waals surface area contributed by atoms with E-state index in [0.717, 1.165) is 27.8 Å². The summed E-state index contributed by atoms with van der Waals surface area (Å²) in [5.74, 6) is 1.65. The highest BCUT2D eigenvalue weighted by molar-refractivity contribution is 5.83. The molecule has 37 heavy (non-hydrogen) atoms. The van der Waals surface area contributed by atoms with Crippen LogP contribution in [0.15, 0.2) is 53.3 Å². The average molecular weight is 506 g/mol. The van der Waals surface area contributed by atoms with Gasteiger partial charge in [-0.3, -0.25) is 4.79 Å². The summed E-state index contributed by atoms with van der Waals surface area (Å²) in [5, 5.41) is 2.96. The van der Waals surface area contributed by atoms with Crippen LogP contribution in [0.4, 0.5) is 4.79 Å². The van der Waals surface area contributed by atoms with Gasteiger partial charge in [-0.1, -0.05) is 35.9 Å². The van der Waals surface area contributed by atoms with Crippen LogP contribution in [0.3, 0.4) is 0 Å². The number of benzene rings is 2. The SMILES string of the molecule is COc1cc2c(c(OC)c1OC)-c1ccc(OC)c(=O)cc1C(NC(=O)OCc1ccc(C)cc1)CC2. The largest absolute Gasteiger partial charge is 0.493 e. The fraction of sp³-hybridized carbons (Fsp3) is 0.310. The third-order valence-electron chi connectivity index (χ3n) is 6.50. The van der Waals surface area contributed by atoms with Crippen LogP contribution in [-0.2, 0) is 17.8 Å². The van der Waals surface area contributed by atoms with Crippen molar-refractivity contribution in [3.8, 4) is 34.1 Å². The molecule has 0 aromatic heterocycles. The Morgan fingerprint density at radius 2 is 1.59 bits per heavy atom. The minimum Gasteiger partial charge on any atom is -0.493 e. The van der Waals surface area contributed by atoms with E-state index in [1.807, 2.05) is 37.3 Å². The summed E-state index contributed by atoms with van der Waals surface area (Å²) in [5.41, 5.74) is 4.77. The number of alkyl carbamates (subject to hydrolysis) is 1. The third kappa shape index (κ3) is 5.33. The Hall–Kier alpha value is -4.20. The van der Waals surface area contributed by atoms with Gasteiger partial charge in [0.15, 0.2) is 17.2 Å². The second kappa shape index (κ2) is 11.2. The Balaban J connectivity index is 1.77. The van der Waals surface area contributed by atoms with Crippen LogP contribution in [0, 0.1) is 6.92 Å². The normalized spacial score (nSPS) is 13.9. The molecule has 0 aliphatic heterocycles. The number of carbonyl (C=O) groups is 1. The Kier molecular flexibility index (Phi) is 7.86. The summed E-state index contributed by atoms with van der Waals surface area (Å²) >= 11 is 0. The minimum atomic E-state index is -0.574. The second-order valence-corrected chi connectivity index (χ2v) is 8.76. The summed E-state index contributed by atoms with van der Waals surface area (Å²) < 4.78 is 27.8. The molecule has 0 saturated heterocycles. The van der Waals surface area contributed by atoms with E-state index in [1.165, 1.54) is 13.2 Å². The van der Waals surface area contributed by atoms with Crippen molar-refractivity contribution in [2.45, 2.75) is 32.4 Å². The van der Waals surface area contributed by atoms with Crippen molar-refractivity contribution < 1.29 is 28.5 Å². The van der Waals surface area contributed by atoms with Gasteiger partial charge in [-0.25, -0.2) is 4.79 Å². The van der Waals surface area contributed by atoms with Crippen LogP contribution in [-0.4, -0.2) is 34.5 Å². The number of methoxy groups -OCH3 is 4. The van der Waals surface area contributed by atoms with Gasteiger partial charge < -0.3 is 29.0 Å². The molecule has 0 radical (unpaired) electrons. The molecule has 8 nitrogen and oxygen atoms in total. The summed E-state index contributed by atoms with van der Waals surface area (Å²) in [7, 11) is 6.12. The number of amides is 1. The van der Waals surface area contributed by atoms with Gasteiger partial charge in [0.1, 0.15) is 6.61 Å². The van der Waals surface area contributed by atoms with Crippen molar-refractivity contribution in [2.24, 2.45) is 0 Å². The molecule has 8 heteroatoms. The van der Waals surface area contributed by atoms with Gasteiger partial charge in [0.2, 0.25) is 11.2 Å². The first-order valence-corrected chi connectivity index (χ1v) is 11.9. The molecular formula is C29H31NO7. The van der Waals surface area contributed by atoms with Gasteiger partial charge in [-0.05, 0) is 60.2 Å². The maximum Gasteiger partial charge on any atom is 0.407 e. The summed E-state index contributed by atoms with van der Waals surface area (Å²) in [4.78, 5) is 25.8. The van der Waals surface area contributed by atoms with Crippen molar-refractivity contribution in [3.63, 3.8) is 0 Å². The van der Waals surface area contributed by atoms with E-state index >= 15 is 0 Å².